The number of ether oxygens (including phenoxy) is 1. The van der Waals surface area contributed by atoms with Gasteiger partial charge < -0.3 is 4.74 Å². The minimum Gasteiger partial charge on any atom is -0.427 e. The number of hydrogen-bond donors (Lipinski definition) is 1. The minimum atomic E-state index is -0.251. The number of esters is 1. The molecule has 2 aromatic rings. The molecule has 2 rings (SSSR count). The van der Waals surface area contributed by atoms with Crippen LogP contribution in [-0.2, 0) is 4.79 Å². The lowest BCUT2D eigenvalue weighted by molar-refractivity contribution is -0.134. The van der Waals surface area contributed by atoms with Crippen LogP contribution < -0.4 is 4.74 Å². The smallest absolute Gasteiger partial charge is 0.311 e. The quantitative estimate of drug-likeness (QED) is 0.212. The van der Waals surface area contributed by atoms with Crippen molar-refractivity contribution in [2.45, 2.75) is 38.5 Å². The molecule has 132 valence electrons. The summed E-state index contributed by atoms with van der Waals surface area (Å²) in [5.74, 6) is 1.00. The standard InChI is InChI=1S/C21H24O3S/c22-20(14-7-2-1-3-8-15-25)24-19-13-9-12-18(16-19)21(23)17-10-5-4-6-11-17/h4-6,9-13,16,25H,1-3,7-8,14-15H2. The Hall–Kier alpha value is -2.07. The average molecular weight is 356 g/mol. The van der Waals surface area contributed by atoms with E-state index < -0.39 is 0 Å². The molecule has 0 aliphatic rings. The third kappa shape index (κ3) is 6.75. The fourth-order valence-corrected chi connectivity index (χ4v) is 2.77. The molecule has 4 heteroatoms. The van der Waals surface area contributed by atoms with Gasteiger partial charge in [-0.3, -0.25) is 9.59 Å². The fourth-order valence-electron chi connectivity index (χ4n) is 2.55. The Morgan fingerprint density at radius 1 is 0.800 bits per heavy atom. The monoisotopic (exact) mass is 356 g/mol. The van der Waals surface area contributed by atoms with E-state index in [-0.39, 0.29) is 11.8 Å². The third-order valence-electron chi connectivity index (χ3n) is 3.90. The molecule has 2 aromatic carbocycles. The zero-order valence-electron chi connectivity index (χ0n) is 14.3. The topological polar surface area (TPSA) is 43.4 Å². The zero-order valence-corrected chi connectivity index (χ0v) is 15.2. The van der Waals surface area contributed by atoms with Crippen molar-refractivity contribution in [3.63, 3.8) is 0 Å². The molecule has 3 nitrogen and oxygen atoms in total. The summed E-state index contributed by atoms with van der Waals surface area (Å²) >= 11 is 4.18. The Morgan fingerprint density at radius 2 is 1.48 bits per heavy atom. The van der Waals surface area contributed by atoms with Crippen molar-refractivity contribution in [2.24, 2.45) is 0 Å². The molecule has 0 aromatic heterocycles. The van der Waals surface area contributed by atoms with E-state index in [4.69, 9.17) is 4.74 Å². The summed E-state index contributed by atoms with van der Waals surface area (Å²) in [5, 5.41) is 0. The molecule has 25 heavy (non-hydrogen) atoms. The first-order valence-electron chi connectivity index (χ1n) is 8.72. The van der Waals surface area contributed by atoms with Gasteiger partial charge in [0.05, 0.1) is 0 Å². The largest absolute Gasteiger partial charge is 0.427 e. The molecule has 0 unspecified atom stereocenters. The number of benzene rings is 2. The molecule has 0 bridgehead atoms. The second-order valence-electron chi connectivity index (χ2n) is 5.94. The predicted molar refractivity (Wildman–Crippen MR) is 104 cm³/mol. The molecule has 0 saturated heterocycles. The third-order valence-corrected chi connectivity index (χ3v) is 4.22. The highest BCUT2D eigenvalue weighted by molar-refractivity contribution is 7.80. The van der Waals surface area contributed by atoms with Gasteiger partial charge in [-0.15, -0.1) is 0 Å². The van der Waals surface area contributed by atoms with Gasteiger partial charge in [0.15, 0.2) is 5.78 Å². The lowest BCUT2D eigenvalue weighted by Gasteiger charge is -2.07. The van der Waals surface area contributed by atoms with Crippen molar-refractivity contribution in [2.75, 3.05) is 5.75 Å². The van der Waals surface area contributed by atoms with Crippen molar-refractivity contribution in [3.05, 3.63) is 65.7 Å². The van der Waals surface area contributed by atoms with Crippen LogP contribution in [-0.4, -0.2) is 17.5 Å². The van der Waals surface area contributed by atoms with Crippen LogP contribution >= 0.6 is 12.6 Å². The van der Waals surface area contributed by atoms with E-state index in [1.165, 1.54) is 0 Å². The van der Waals surface area contributed by atoms with E-state index in [1.54, 1.807) is 36.4 Å². The number of rotatable bonds is 10. The summed E-state index contributed by atoms with van der Waals surface area (Å²) in [6, 6.07) is 15.9. The Kier molecular flexibility index (Phi) is 8.26. The number of ketones is 1. The molecule has 0 saturated carbocycles. The first kappa shape index (κ1) is 19.3. The SMILES string of the molecule is O=C(CCCCCCCS)Oc1cccc(C(=O)c2ccccc2)c1. The summed E-state index contributed by atoms with van der Waals surface area (Å²) in [5.41, 5.74) is 1.13. The Balaban J connectivity index is 1.84. The van der Waals surface area contributed by atoms with Gasteiger partial charge in [0.2, 0.25) is 0 Å². The number of carbonyl (C=O) groups excluding carboxylic acids is 2. The predicted octanol–water partition coefficient (Wildman–Crippen LogP) is 5.09. The van der Waals surface area contributed by atoms with Crippen molar-refractivity contribution in [1.29, 1.82) is 0 Å². The number of carbonyl (C=O) groups is 2. The number of hydrogen-bond acceptors (Lipinski definition) is 4. The van der Waals surface area contributed by atoms with Crippen molar-refractivity contribution in [1.82, 2.24) is 0 Å². The van der Waals surface area contributed by atoms with Crippen LogP contribution in [0.1, 0.15) is 54.4 Å². The Bertz CT molecular complexity index is 683. The van der Waals surface area contributed by atoms with E-state index >= 15 is 0 Å². The maximum atomic E-state index is 12.4. The maximum Gasteiger partial charge on any atom is 0.311 e. The molecule has 0 spiro atoms. The van der Waals surface area contributed by atoms with Gasteiger partial charge >= 0.3 is 5.97 Å². The molecule has 0 amide bonds. The summed E-state index contributed by atoms with van der Waals surface area (Å²) < 4.78 is 5.37. The van der Waals surface area contributed by atoms with Gasteiger partial charge in [-0.1, -0.05) is 61.7 Å². The summed E-state index contributed by atoms with van der Waals surface area (Å²) in [6.07, 6.45) is 5.65. The lowest BCUT2D eigenvalue weighted by Crippen LogP contribution is -2.08. The first-order valence-corrected chi connectivity index (χ1v) is 9.35. The molecule has 0 atom stereocenters. The van der Waals surface area contributed by atoms with Crippen LogP contribution in [0.25, 0.3) is 0 Å². The van der Waals surface area contributed by atoms with Crippen molar-refractivity contribution in [3.8, 4) is 5.75 Å². The molecule has 0 aliphatic heterocycles. The van der Waals surface area contributed by atoms with E-state index in [2.05, 4.69) is 12.6 Å². The second kappa shape index (κ2) is 10.7. The van der Waals surface area contributed by atoms with Crippen LogP contribution in [0.2, 0.25) is 0 Å². The molecule has 0 radical (unpaired) electrons. The summed E-state index contributed by atoms with van der Waals surface area (Å²) in [6.45, 7) is 0. The molecular weight excluding hydrogens is 332 g/mol. The average Bonchev–Trinajstić information content (AvgIpc) is 2.65. The number of thiol groups is 1. The molecule has 0 N–H and O–H groups in total. The Labute approximate surface area is 154 Å². The van der Waals surface area contributed by atoms with Crippen LogP contribution in [0.4, 0.5) is 0 Å². The fraction of sp³-hybridized carbons (Fsp3) is 0.333. The maximum absolute atomic E-state index is 12.4. The van der Waals surface area contributed by atoms with Crippen LogP contribution in [0.5, 0.6) is 5.75 Å². The zero-order chi connectivity index (χ0) is 17.9. The van der Waals surface area contributed by atoms with Crippen LogP contribution in [0.3, 0.4) is 0 Å². The van der Waals surface area contributed by atoms with Crippen LogP contribution in [0.15, 0.2) is 54.6 Å². The van der Waals surface area contributed by atoms with Crippen molar-refractivity contribution >= 4 is 24.4 Å². The van der Waals surface area contributed by atoms with E-state index in [0.29, 0.717) is 23.3 Å². The first-order chi connectivity index (χ1) is 12.2. The molecular formula is C21H24O3S. The van der Waals surface area contributed by atoms with Gasteiger partial charge in [-0.25, -0.2) is 0 Å². The van der Waals surface area contributed by atoms with E-state index in [9.17, 15) is 9.59 Å². The highest BCUT2D eigenvalue weighted by Crippen LogP contribution is 2.18. The number of unbranched alkanes of at least 4 members (excludes halogenated alkanes) is 4. The molecule has 0 aliphatic carbocycles. The normalized spacial score (nSPS) is 10.4. The molecule has 0 heterocycles. The lowest BCUT2D eigenvalue weighted by atomic mass is 10.0. The van der Waals surface area contributed by atoms with Crippen LogP contribution in [0, 0.1) is 0 Å². The summed E-state index contributed by atoms with van der Waals surface area (Å²) in [7, 11) is 0. The van der Waals surface area contributed by atoms with E-state index in [1.807, 2.05) is 18.2 Å². The van der Waals surface area contributed by atoms with Gasteiger partial charge in [-0.2, -0.15) is 12.6 Å². The highest BCUT2D eigenvalue weighted by atomic mass is 32.1. The van der Waals surface area contributed by atoms with Gasteiger partial charge in [-0.05, 0) is 30.7 Å². The van der Waals surface area contributed by atoms with Gasteiger partial charge in [0.1, 0.15) is 5.75 Å². The molecule has 0 fully saturated rings. The Morgan fingerprint density at radius 3 is 2.24 bits per heavy atom. The van der Waals surface area contributed by atoms with E-state index in [0.717, 1.165) is 37.9 Å². The summed E-state index contributed by atoms with van der Waals surface area (Å²) in [4.78, 5) is 24.4. The second-order valence-corrected chi connectivity index (χ2v) is 6.39. The minimum absolute atomic E-state index is 0.0808. The van der Waals surface area contributed by atoms with Gasteiger partial charge in [0.25, 0.3) is 0 Å². The highest BCUT2D eigenvalue weighted by Gasteiger charge is 2.11. The van der Waals surface area contributed by atoms with Gasteiger partial charge in [0, 0.05) is 17.5 Å². The van der Waals surface area contributed by atoms with Crippen molar-refractivity contribution < 1.29 is 14.3 Å².